The fourth-order valence-corrected chi connectivity index (χ4v) is 2.56. The third kappa shape index (κ3) is 3.32. The fourth-order valence-electron chi connectivity index (χ4n) is 2.56. The zero-order chi connectivity index (χ0) is 15.6. The first-order valence-electron chi connectivity index (χ1n) is 6.98. The number of rotatable bonds is 3. The summed E-state index contributed by atoms with van der Waals surface area (Å²) in [6.07, 6.45) is 0.931. The van der Waals surface area contributed by atoms with Gasteiger partial charge in [0.1, 0.15) is 11.4 Å². The van der Waals surface area contributed by atoms with E-state index in [0.29, 0.717) is 24.9 Å². The standard InChI is InChI=1S/C15H19FN2O3/c1-9(2)10-6-7-18(8-10)15(21)17-12-5-3-4-11(16)13(12)14(19)20/h3-5,9-10H,6-8H2,1-2H3,(H,17,21)(H,19,20). The lowest BCUT2D eigenvalue weighted by Crippen LogP contribution is -2.34. The average Bonchev–Trinajstić information content (AvgIpc) is 2.88. The number of hydrogen-bond donors (Lipinski definition) is 2. The minimum Gasteiger partial charge on any atom is -0.478 e. The second-order valence-corrected chi connectivity index (χ2v) is 5.64. The van der Waals surface area contributed by atoms with Crippen LogP contribution in [0.1, 0.15) is 30.6 Å². The van der Waals surface area contributed by atoms with E-state index >= 15 is 0 Å². The number of nitrogens with one attached hydrogen (secondary N) is 1. The van der Waals surface area contributed by atoms with E-state index in [9.17, 15) is 14.0 Å². The molecule has 1 atom stereocenters. The van der Waals surface area contributed by atoms with Crippen LogP contribution in [0.4, 0.5) is 14.9 Å². The van der Waals surface area contributed by atoms with Crippen molar-refractivity contribution in [3.8, 4) is 0 Å². The van der Waals surface area contributed by atoms with Crippen LogP contribution in [0.3, 0.4) is 0 Å². The van der Waals surface area contributed by atoms with Gasteiger partial charge in [-0.15, -0.1) is 0 Å². The van der Waals surface area contributed by atoms with Crippen LogP contribution in [-0.4, -0.2) is 35.1 Å². The molecular formula is C15H19FN2O3. The molecule has 0 saturated carbocycles. The Labute approximate surface area is 122 Å². The maximum atomic E-state index is 13.6. The molecule has 1 aromatic rings. The van der Waals surface area contributed by atoms with E-state index in [0.717, 1.165) is 12.5 Å². The number of hydrogen-bond acceptors (Lipinski definition) is 2. The molecule has 1 unspecified atom stereocenters. The topological polar surface area (TPSA) is 69.6 Å². The maximum Gasteiger partial charge on any atom is 0.340 e. The first-order valence-corrected chi connectivity index (χ1v) is 6.98. The average molecular weight is 294 g/mol. The Hall–Kier alpha value is -2.11. The Kier molecular flexibility index (Phi) is 4.45. The van der Waals surface area contributed by atoms with Crippen molar-refractivity contribution in [3.05, 3.63) is 29.6 Å². The number of aromatic carboxylic acids is 1. The van der Waals surface area contributed by atoms with Gasteiger partial charge in [-0.25, -0.2) is 14.0 Å². The maximum absolute atomic E-state index is 13.6. The Morgan fingerprint density at radius 1 is 1.43 bits per heavy atom. The quantitative estimate of drug-likeness (QED) is 0.900. The Bertz CT molecular complexity index is 560. The first kappa shape index (κ1) is 15.3. The van der Waals surface area contributed by atoms with E-state index in [-0.39, 0.29) is 11.7 Å². The largest absolute Gasteiger partial charge is 0.478 e. The fraction of sp³-hybridized carbons (Fsp3) is 0.467. The number of likely N-dealkylation sites (tertiary alicyclic amines) is 1. The summed E-state index contributed by atoms with van der Waals surface area (Å²) in [6, 6.07) is 3.44. The van der Waals surface area contributed by atoms with Crippen LogP contribution < -0.4 is 5.32 Å². The molecule has 0 aromatic heterocycles. The minimum absolute atomic E-state index is 0.0134. The van der Waals surface area contributed by atoms with Crippen LogP contribution >= 0.6 is 0 Å². The number of anilines is 1. The van der Waals surface area contributed by atoms with Crippen LogP contribution in [-0.2, 0) is 0 Å². The molecule has 1 aliphatic heterocycles. The SMILES string of the molecule is CC(C)C1CCN(C(=O)Nc2cccc(F)c2C(=O)O)C1. The van der Waals surface area contributed by atoms with Crippen molar-refractivity contribution in [2.75, 3.05) is 18.4 Å². The van der Waals surface area contributed by atoms with Crippen molar-refractivity contribution in [2.45, 2.75) is 20.3 Å². The van der Waals surface area contributed by atoms with Gasteiger partial charge in [0.15, 0.2) is 0 Å². The number of benzene rings is 1. The van der Waals surface area contributed by atoms with Gasteiger partial charge >= 0.3 is 12.0 Å². The molecule has 1 aliphatic rings. The molecule has 0 radical (unpaired) electrons. The van der Waals surface area contributed by atoms with Gasteiger partial charge in [0.2, 0.25) is 0 Å². The minimum atomic E-state index is -1.40. The van der Waals surface area contributed by atoms with E-state index in [1.165, 1.54) is 12.1 Å². The Morgan fingerprint density at radius 2 is 2.14 bits per heavy atom. The molecule has 6 heteroatoms. The van der Waals surface area contributed by atoms with Gasteiger partial charge < -0.3 is 15.3 Å². The number of amides is 2. The van der Waals surface area contributed by atoms with E-state index in [4.69, 9.17) is 5.11 Å². The van der Waals surface area contributed by atoms with Crippen molar-refractivity contribution in [1.29, 1.82) is 0 Å². The third-order valence-corrected chi connectivity index (χ3v) is 3.92. The molecule has 2 N–H and O–H groups in total. The molecule has 1 fully saturated rings. The normalized spacial score (nSPS) is 18.1. The molecule has 1 heterocycles. The van der Waals surface area contributed by atoms with Gasteiger partial charge in [-0.2, -0.15) is 0 Å². The summed E-state index contributed by atoms with van der Waals surface area (Å²) in [5, 5.41) is 11.5. The van der Waals surface area contributed by atoms with E-state index in [1.807, 2.05) is 0 Å². The zero-order valence-electron chi connectivity index (χ0n) is 12.1. The predicted molar refractivity (Wildman–Crippen MR) is 76.9 cm³/mol. The number of carbonyl (C=O) groups is 2. The smallest absolute Gasteiger partial charge is 0.340 e. The summed E-state index contributed by atoms with van der Waals surface area (Å²) in [6.45, 7) is 5.50. The van der Waals surface area contributed by atoms with Crippen LogP contribution in [0.5, 0.6) is 0 Å². The lowest BCUT2D eigenvalue weighted by atomic mass is 9.95. The number of carbonyl (C=O) groups excluding carboxylic acids is 1. The second-order valence-electron chi connectivity index (χ2n) is 5.64. The van der Waals surface area contributed by atoms with Gasteiger partial charge in [0, 0.05) is 13.1 Å². The highest BCUT2D eigenvalue weighted by atomic mass is 19.1. The number of nitrogens with zero attached hydrogens (tertiary/aromatic N) is 1. The van der Waals surface area contributed by atoms with E-state index < -0.39 is 17.3 Å². The first-order chi connectivity index (χ1) is 9.90. The molecule has 2 amide bonds. The molecule has 0 bridgehead atoms. The molecule has 1 saturated heterocycles. The number of carboxylic acids is 1. The summed E-state index contributed by atoms with van der Waals surface area (Å²) in [4.78, 5) is 24.9. The molecule has 0 spiro atoms. The molecular weight excluding hydrogens is 275 g/mol. The molecule has 21 heavy (non-hydrogen) atoms. The van der Waals surface area contributed by atoms with Crippen molar-refractivity contribution in [2.24, 2.45) is 11.8 Å². The lowest BCUT2D eigenvalue weighted by molar-refractivity contribution is 0.0693. The summed E-state index contributed by atoms with van der Waals surface area (Å²) in [7, 11) is 0. The summed E-state index contributed by atoms with van der Waals surface area (Å²) in [5.74, 6) is -1.32. The van der Waals surface area contributed by atoms with Crippen molar-refractivity contribution < 1.29 is 19.1 Å². The van der Waals surface area contributed by atoms with Gasteiger partial charge in [-0.3, -0.25) is 0 Å². The highest BCUT2D eigenvalue weighted by Crippen LogP contribution is 2.25. The van der Waals surface area contributed by atoms with Gasteiger partial charge in [-0.05, 0) is 30.4 Å². The summed E-state index contributed by atoms with van der Waals surface area (Å²) < 4.78 is 13.6. The second kappa shape index (κ2) is 6.11. The zero-order valence-corrected chi connectivity index (χ0v) is 12.1. The molecule has 1 aromatic carbocycles. The Morgan fingerprint density at radius 3 is 2.71 bits per heavy atom. The van der Waals surface area contributed by atoms with Crippen molar-refractivity contribution >= 4 is 17.7 Å². The van der Waals surface area contributed by atoms with E-state index in [1.54, 1.807) is 4.90 Å². The number of carboxylic acid groups (broad SMARTS) is 1. The highest BCUT2D eigenvalue weighted by Gasteiger charge is 2.29. The van der Waals surface area contributed by atoms with Gasteiger partial charge in [-0.1, -0.05) is 19.9 Å². The predicted octanol–water partition coefficient (Wildman–Crippen LogP) is 3.03. The lowest BCUT2D eigenvalue weighted by Gasteiger charge is -2.19. The molecule has 5 nitrogen and oxygen atoms in total. The van der Waals surface area contributed by atoms with Gasteiger partial charge in [0.05, 0.1) is 5.69 Å². The Balaban J connectivity index is 2.11. The molecule has 0 aliphatic carbocycles. The van der Waals surface area contributed by atoms with Crippen LogP contribution in [0, 0.1) is 17.7 Å². The molecule has 114 valence electrons. The van der Waals surface area contributed by atoms with Crippen molar-refractivity contribution in [1.82, 2.24) is 4.90 Å². The number of urea groups is 1. The van der Waals surface area contributed by atoms with Crippen molar-refractivity contribution in [3.63, 3.8) is 0 Å². The van der Waals surface area contributed by atoms with Gasteiger partial charge in [0.25, 0.3) is 0 Å². The highest BCUT2D eigenvalue weighted by molar-refractivity contribution is 6.00. The van der Waals surface area contributed by atoms with Crippen LogP contribution in [0.15, 0.2) is 18.2 Å². The summed E-state index contributed by atoms with van der Waals surface area (Å²) >= 11 is 0. The third-order valence-electron chi connectivity index (χ3n) is 3.92. The number of halogens is 1. The van der Waals surface area contributed by atoms with E-state index in [2.05, 4.69) is 19.2 Å². The monoisotopic (exact) mass is 294 g/mol. The summed E-state index contributed by atoms with van der Waals surface area (Å²) in [5.41, 5.74) is -0.522. The van der Waals surface area contributed by atoms with Crippen LogP contribution in [0.2, 0.25) is 0 Å². The molecule has 2 rings (SSSR count). The van der Waals surface area contributed by atoms with Crippen LogP contribution in [0.25, 0.3) is 0 Å².